The summed E-state index contributed by atoms with van der Waals surface area (Å²) >= 11 is 6.05. The number of hydrogen-bond acceptors (Lipinski definition) is 4. The molecule has 2 N–H and O–H groups in total. The van der Waals surface area contributed by atoms with E-state index in [-0.39, 0.29) is 11.5 Å². The zero-order valence-electron chi connectivity index (χ0n) is 15.7. The summed E-state index contributed by atoms with van der Waals surface area (Å²) in [6.07, 6.45) is 0. The Morgan fingerprint density at radius 3 is 2.37 bits per heavy atom. The van der Waals surface area contributed by atoms with E-state index in [1.165, 1.54) is 6.07 Å². The Labute approximate surface area is 164 Å². The normalized spacial score (nSPS) is 10.7. The van der Waals surface area contributed by atoms with E-state index >= 15 is 0 Å². The Hall–Kier alpha value is -2.57. The lowest BCUT2D eigenvalue weighted by atomic mass is 10.1. The summed E-state index contributed by atoms with van der Waals surface area (Å²) in [7, 11) is 3.94. The van der Waals surface area contributed by atoms with Crippen LogP contribution in [0, 0.1) is 0 Å². The van der Waals surface area contributed by atoms with Crippen LogP contribution in [0.1, 0.15) is 27.6 Å². The molecule has 144 valence electrons. The highest BCUT2D eigenvalue weighted by atomic mass is 35.5. The molecule has 0 aliphatic carbocycles. The van der Waals surface area contributed by atoms with Gasteiger partial charge in [-0.05, 0) is 51.4 Å². The van der Waals surface area contributed by atoms with Gasteiger partial charge in [-0.15, -0.1) is 0 Å². The third kappa shape index (κ3) is 5.45. The monoisotopic (exact) mass is 389 g/mol. The quantitative estimate of drug-likeness (QED) is 0.720. The van der Waals surface area contributed by atoms with E-state index in [9.17, 15) is 14.7 Å². The molecule has 0 heterocycles. The summed E-state index contributed by atoms with van der Waals surface area (Å²) in [5.74, 6) is -1.42. The van der Waals surface area contributed by atoms with Gasteiger partial charge >= 0.3 is 5.97 Å². The van der Waals surface area contributed by atoms with Crippen LogP contribution in [-0.2, 0) is 0 Å². The average Bonchev–Trinajstić information content (AvgIpc) is 2.63. The van der Waals surface area contributed by atoms with E-state index in [0.29, 0.717) is 35.1 Å². The molecule has 0 fully saturated rings. The number of nitrogens with zero attached hydrogens (tertiary/aromatic N) is 2. The molecule has 6 nitrogen and oxygen atoms in total. The molecule has 0 aromatic heterocycles. The maximum atomic E-state index is 12.4. The zero-order valence-corrected chi connectivity index (χ0v) is 16.5. The van der Waals surface area contributed by atoms with Crippen LogP contribution in [-0.4, -0.2) is 55.6 Å². The SMILES string of the molecule is CCN(CCN(C)C)c1ccc(NC(=O)c2ccccc2Cl)cc1C(=O)O. The highest BCUT2D eigenvalue weighted by molar-refractivity contribution is 6.34. The van der Waals surface area contributed by atoms with Gasteiger partial charge in [0.25, 0.3) is 5.91 Å². The molecule has 2 rings (SSSR count). The molecule has 0 aliphatic rings. The van der Waals surface area contributed by atoms with Crippen molar-refractivity contribution in [3.63, 3.8) is 0 Å². The summed E-state index contributed by atoms with van der Waals surface area (Å²) < 4.78 is 0. The molecule has 0 unspecified atom stereocenters. The fraction of sp³-hybridized carbons (Fsp3) is 0.300. The number of anilines is 2. The van der Waals surface area contributed by atoms with Crippen molar-refractivity contribution < 1.29 is 14.7 Å². The van der Waals surface area contributed by atoms with Crippen LogP contribution in [0.15, 0.2) is 42.5 Å². The van der Waals surface area contributed by atoms with Gasteiger partial charge in [0.15, 0.2) is 0 Å². The van der Waals surface area contributed by atoms with Crippen molar-refractivity contribution in [1.82, 2.24) is 4.90 Å². The van der Waals surface area contributed by atoms with Crippen LogP contribution < -0.4 is 10.2 Å². The van der Waals surface area contributed by atoms with E-state index in [0.717, 1.165) is 6.54 Å². The predicted octanol–water partition coefficient (Wildman–Crippen LogP) is 3.68. The Kier molecular flexibility index (Phi) is 7.21. The fourth-order valence-corrected chi connectivity index (χ4v) is 2.90. The van der Waals surface area contributed by atoms with Crippen molar-refractivity contribution in [2.75, 3.05) is 43.9 Å². The van der Waals surface area contributed by atoms with Crippen molar-refractivity contribution in [2.24, 2.45) is 0 Å². The second kappa shape index (κ2) is 9.39. The lowest BCUT2D eigenvalue weighted by Gasteiger charge is -2.26. The van der Waals surface area contributed by atoms with Crippen LogP contribution in [0.3, 0.4) is 0 Å². The second-order valence-corrected chi connectivity index (χ2v) is 6.76. The molecule has 0 bridgehead atoms. The fourth-order valence-electron chi connectivity index (χ4n) is 2.67. The van der Waals surface area contributed by atoms with Gasteiger partial charge in [-0.3, -0.25) is 4.79 Å². The lowest BCUT2D eigenvalue weighted by molar-refractivity contribution is 0.0697. The molecular formula is C20H24ClN3O3. The number of amides is 1. The third-order valence-corrected chi connectivity index (χ3v) is 4.47. The topological polar surface area (TPSA) is 72.9 Å². The average molecular weight is 390 g/mol. The summed E-state index contributed by atoms with van der Waals surface area (Å²) in [5, 5.41) is 12.7. The number of rotatable bonds is 8. The minimum Gasteiger partial charge on any atom is -0.478 e. The number of carbonyl (C=O) groups is 2. The molecule has 0 radical (unpaired) electrons. The maximum absolute atomic E-state index is 12.4. The molecule has 0 saturated heterocycles. The number of likely N-dealkylation sites (N-methyl/N-ethyl adjacent to an activating group) is 2. The van der Waals surface area contributed by atoms with Crippen molar-refractivity contribution >= 4 is 34.9 Å². The Morgan fingerprint density at radius 2 is 1.78 bits per heavy atom. The smallest absolute Gasteiger partial charge is 0.337 e. The third-order valence-electron chi connectivity index (χ3n) is 4.14. The molecule has 7 heteroatoms. The van der Waals surface area contributed by atoms with Crippen LogP contribution in [0.2, 0.25) is 5.02 Å². The Balaban J connectivity index is 2.28. The van der Waals surface area contributed by atoms with Gasteiger partial charge in [0.1, 0.15) is 0 Å². The first-order valence-electron chi connectivity index (χ1n) is 8.66. The van der Waals surface area contributed by atoms with Crippen molar-refractivity contribution in [3.8, 4) is 0 Å². The predicted molar refractivity (Wildman–Crippen MR) is 109 cm³/mol. The Morgan fingerprint density at radius 1 is 1.07 bits per heavy atom. The van der Waals surface area contributed by atoms with Crippen LogP contribution in [0.25, 0.3) is 0 Å². The molecule has 27 heavy (non-hydrogen) atoms. The highest BCUT2D eigenvalue weighted by Gasteiger charge is 2.17. The minimum absolute atomic E-state index is 0.146. The minimum atomic E-state index is -1.04. The first-order chi connectivity index (χ1) is 12.8. The summed E-state index contributed by atoms with van der Waals surface area (Å²) in [5.41, 5.74) is 1.51. The number of carboxylic acid groups (broad SMARTS) is 1. The summed E-state index contributed by atoms with van der Waals surface area (Å²) in [6, 6.07) is 11.6. The lowest BCUT2D eigenvalue weighted by Crippen LogP contribution is -2.32. The first-order valence-corrected chi connectivity index (χ1v) is 9.04. The van der Waals surface area contributed by atoms with Gasteiger partial charge in [-0.25, -0.2) is 4.79 Å². The van der Waals surface area contributed by atoms with E-state index in [4.69, 9.17) is 11.6 Å². The van der Waals surface area contributed by atoms with E-state index in [1.54, 1.807) is 36.4 Å². The molecule has 0 aliphatic heterocycles. The van der Waals surface area contributed by atoms with Crippen LogP contribution >= 0.6 is 11.6 Å². The van der Waals surface area contributed by atoms with Crippen LogP contribution in [0.4, 0.5) is 11.4 Å². The largest absolute Gasteiger partial charge is 0.478 e. The van der Waals surface area contributed by atoms with Gasteiger partial charge in [0, 0.05) is 25.3 Å². The van der Waals surface area contributed by atoms with E-state index in [1.807, 2.05) is 30.8 Å². The number of carbonyl (C=O) groups excluding carboxylic acids is 1. The number of carboxylic acids is 1. The van der Waals surface area contributed by atoms with E-state index < -0.39 is 5.97 Å². The number of halogens is 1. The number of aromatic carboxylic acids is 1. The van der Waals surface area contributed by atoms with Gasteiger partial charge in [-0.2, -0.15) is 0 Å². The van der Waals surface area contributed by atoms with Crippen molar-refractivity contribution in [1.29, 1.82) is 0 Å². The molecule has 1 amide bonds. The van der Waals surface area contributed by atoms with Gasteiger partial charge in [0.05, 0.1) is 21.8 Å². The molecule has 2 aromatic carbocycles. The van der Waals surface area contributed by atoms with Crippen molar-refractivity contribution in [3.05, 3.63) is 58.6 Å². The van der Waals surface area contributed by atoms with Crippen molar-refractivity contribution in [2.45, 2.75) is 6.92 Å². The molecule has 2 aromatic rings. The molecule has 0 saturated carbocycles. The maximum Gasteiger partial charge on any atom is 0.337 e. The number of nitrogens with one attached hydrogen (secondary N) is 1. The standard InChI is InChI=1S/C20H24ClN3O3/c1-4-24(12-11-23(2)3)18-10-9-14(13-16(18)20(26)27)22-19(25)15-7-5-6-8-17(15)21/h5-10,13H,4,11-12H2,1-3H3,(H,22,25)(H,26,27). The Bertz CT molecular complexity index is 824. The van der Waals surface area contributed by atoms with E-state index in [2.05, 4.69) is 5.32 Å². The van der Waals surface area contributed by atoms with Gasteiger partial charge in [0.2, 0.25) is 0 Å². The second-order valence-electron chi connectivity index (χ2n) is 6.35. The molecule has 0 spiro atoms. The first kappa shape index (κ1) is 20.7. The van der Waals surface area contributed by atoms with Gasteiger partial charge in [-0.1, -0.05) is 23.7 Å². The zero-order chi connectivity index (χ0) is 20.0. The number of hydrogen-bond donors (Lipinski definition) is 2. The summed E-state index contributed by atoms with van der Waals surface area (Å²) in [4.78, 5) is 28.2. The number of benzene rings is 2. The molecule has 0 atom stereocenters. The summed E-state index contributed by atoms with van der Waals surface area (Å²) in [6.45, 7) is 4.17. The van der Waals surface area contributed by atoms with Gasteiger partial charge < -0.3 is 20.2 Å². The van der Waals surface area contributed by atoms with Crippen LogP contribution in [0.5, 0.6) is 0 Å². The molecular weight excluding hydrogens is 366 g/mol. The highest BCUT2D eigenvalue weighted by Crippen LogP contribution is 2.25.